The van der Waals surface area contributed by atoms with Gasteiger partial charge in [0.1, 0.15) is 5.83 Å². The highest BCUT2D eigenvalue weighted by Crippen LogP contribution is 2.27. The number of nitrogens with one attached hydrogen (secondary N) is 1. The van der Waals surface area contributed by atoms with Gasteiger partial charge in [0, 0.05) is 6.54 Å². The van der Waals surface area contributed by atoms with E-state index in [1.807, 2.05) is 0 Å². The minimum atomic E-state index is -1.21. The van der Waals surface area contributed by atoms with Gasteiger partial charge in [-0.2, -0.15) is 0 Å². The first-order valence-corrected chi connectivity index (χ1v) is 4.24. The van der Waals surface area contributed by atoms with E-state index in [1.165, 1.54) is 0 Å². The summed E-state index contributed by atoms with van der Waals surface area (Å²) in [5.74, 6) is -0.675. The standard InChI is InChI=1S/C9H16FNO3/c1-9(2,3)6(7(10)5-12)4-11-8(13)14/h11-12H,4-5H2,1-3H3,(H,13,14). The van der Waals surface area contributed by atoms with E-state index in [2.05, 4.69) is 5.32 Å². The topological polar surface area (TPSA) is 69.6 Å². The van der Waals surface area contributed by atoms with Crippen LogP contribution in [-0.4, -0.2) is 29.5 Å². The highest BCUT2D eigenvalue weighted by atomic mass is 19.1. The summed E-state index contributed by atoms with van der Waals surface area (Å²) in [6.45, 7) is 4.45. The quantitative estimate of drug-likeness (QED) is 0.654. The van der Waals surface area contributed by atoms with Crippen molar-refractivity contribution < 1.29 is 19.4 Å². The molecule has 5 heteroatoms. The van der Waals surface area contributed by atoms with E-state index in [0.717, 1.165) is 0 Å². The lowest BCUT2D eigenvalue weighted by Gasteiger charge is -2.23. The molecule has 0 saturated carbocycles. The molecule has 0 spiro atoms. The Balaban J connectivity index is 4.68. The monoisotopic (exact) mass is 205 g/mol. The fourth-order valence-corrected chi connectivity index (χ4v) is 1.03. The summed E-state index contributed by atoms with van der Waals surface area (Å²) in [6, 6.07) is 0. The molecular formula is C9H16FNO3. The van der Waals surface area contributed by atoms with E-state index in [1.54, 1.807) is 20.8 Å². The highest BCUT2D eigenvalue weighted by molar-refractivity contribution is 5.64. The van der Waals surface area contributed by atoms with Crippen LogP contribution in [0.15, 0.2) is 11.4 Å². The van der Waals surface area contributed by atoms with Crippen LogP contribution in [0.4, 0.5) is 9.18 Å². The summed E-state index contributed by atoms with van der Waals surface area (Å²) in [4.78, 5) is 10.2. The van der Waals surface area contributed by atoms with Gasteiger partial charge in [-0.25, -0.2) is 9.18 Å². The van der Waals surface area contributed by atoms with Crippen molar-refractivity contribution in [2.75, 3.05) is 13.2 Å². The Hall–Kier alpha value is -1.10. The summed E-state index contributed by atoms with van der Waals surface area (Å²) in [7, 11) is 0. The van der Waals surface area contributed by atoms with E-state index in [0.29, 0.717) is 0 Å². The van der Waals surface area contributed by atoms with Gasteiger partial charge >= 0.3 is 6.09 Å². The fourth-order valence-electron chi connectivity index (χ4n) is 1.03. The maximum Gasteiger partial charge on any atom is 0.404 e. The summed E-state index contributed by atoms with van der Waals surface area (Å²) in [5, 5.41) is 19.1. The molecule has 0 aromatic rings. The molecule has 0 rings (SSSR count). The van der Waals surface area contributed by atoms with Gasteiger partial charge in [-0.05, 0) is 11.0 Å². The van der Waals surface area contributed by atoms with Crippen LogP contribution in [0.3, 0.4) is 0 Å². The molecule has 4 nitrogen and oxygen atoms in total. The zero-order valence-electron chi connectivity index (χ0n) is 8.59. The van der Waals surface area contributed by atoms with E-state index in [9.17, 15) is 9.18 Å². The zero-order chi connectivity index (χ0) is 11.4. The lowest BCUT2D eigenvalue weighted by Crippen LogP contribution is -2.29. The number of hydrogen-bond acceptors (Lipinski definition) is 2. The number of carbonyl (C=O) groups is 1. The molecule has 0 bridgehead atoms. The Kier molecular flexibility index (Phi) is 4.56. The van der Waals surface area contributed by atoms with E-state index in [4.69, 9.17) is 10.2 Å². The maximum absolute atomic E-state index is 13.1. The molecule has 1 amide bonds. The lowest BCUT2D eigenvalue weighted by atomic mass is 9.85. The molecule has 82 valence electrons. The van der Waals surface area contributed by atoms with Gasteiger partial charge in [-0.15, -0.1) is 0 Å². The van der Waals surface area contributed by atoms with Crippen LogP contribution < -0.4 is 5.32 Å². The van der Waals surface area contributed by atoms with Crippen molar-refractivity contribution in [1.29, 1.82) is 0 Å². The Bertz CT molecular complexity index is 243. The molecule has 0 saturated heterocycles. The predicted molar refractivity (Wildman–Crippen MR) is 50.7 cm³/mol. The van der Waals surface area contributed by atoms with E-state index in [-0.39, 0.29) is 12.1 Å². The maximum atomic E-state index is 13.1. The lowest BCUT2D eigenvalue weighted by molar-refractivity contribution is 0.194. The average Bonchev–Trinajstić information content (AvgIpc) is 2.01. The predicted octanol–water partition coefficient (Wildman–Crippen LogP) is 1.52. The zero-order valence-corrected chi connectivity index (χ0v) is 8.59. The molecule has 0 aromatic heterocycles. The highest BCUT2D eigenvalue weighted by Gasteiger charge is 2.21. The van der Waals surface area contributed by atoms with Gasteiger partial charge in [-0.3, -0.25) is 0 Å². The number of rotatable bonds is 3. The second-order valence-corrected chi connectivity index (χ2v) is 3.95. The number of carboxylic acid groups (broad SMARTS) is 1. The van der Waals surface area contributed by atoms with Crippen molar-refractivity contribution >= 4 is 6.09 Å². The smallest absolute Gasteiger partial charge is 0.404 e. The number of amides is 1. The summed E-state index contributed by atoms with van der Waals surface area (Å²) in [5.41, 5.74) is -0.239. The minimum absolute atomic E-state index is 0.106. The van der Waals surface area contributed by atoms with Crippen molar-refractivity contribution in [2.45, 2.75) is 20.8 Å². The number of hydrogen-bond donors (Lipinski definition) is 3. The van der Waals surface area contributed by atoms with Crippen molar-refractivity contribution in [2.24, 2.45) is 5.41 Å². The van der Waals surface area contributed by atoms with Gasteiger partial charge in [0.15, 0.2) is 0 Å². The Labute approximate surface area is 82.4 Å². The third-order valence-electron chi connectivity index (χ3n) is 1.79. The Morgan fingerprint density at radius 2 is 1.93 bits per heavy atom. The van der Waals surface area contributed by atoms with Gasteiger partial charge in [0.25, 0.3) is 0 Å². The third kappa shape index (κ3) is 4.23. The second kappa shape index (κ2) is 4.95. The molecule has 0 aliphatic carbocycles. The fraction of sp³-hybridized carbons (Fsp3) is 0.667. The van der Waals surface area contributed by atoms with E-state index >= 15 is 0 Å². The average molecular weight is 205 g/mol. The Morgan fingerprint density at radius 1 is 1.43 bits per heavy atom. The van der Waals surface area contributed by atoms with Crippen LogP contribution >= 0.6 is 0 Å². The third-order valence-corrected chi connectivity index (χ3v) is 1.79. The molecule has 0 fully saturated rings. The normalized spacial score (nSPS) is 13.5. The first-order chi connectivity index (χ1) is 6.29. The number of aliphatic hydroxyl groups is 1. The molecule has 0 radical (unpaired) electrons. The summed E-state index contributed by atoms with van der Waals surface area (Å²) >= 11 is 0. The molecule has 14 heavy (non-hydrogen) atoms. The van der Waals surface area contributed by atoms with E-state index < -0.39 is 23.9 Å². The molecule has 3 N–H and O–H groups in total. The van der Waals surface area contributed by atoms with Gasteiger partial charge in [0.05, 0.1) is 6.61 Å². The SMILES string of the molecule is CC(C)(C)C(CNC(=O)O)=C(F)CO. The van der Waals surface area contributed by atoms with Gasteiger partial charge < -0.3 is 15.5 Å². The van der Waals surface area contributed by atoms with Crippen molar-refractivity contribution in [1.82, 2.24) is 5.32 Å². The summed E-state index contributed by atoms with van der Waals surface area (Å²) in [6.07, 6.45) is -1.21. The molecule has 0 atom stereocenters. The van der Waals surface area contributed by atoms with Crippen LogP contribution in [0.2, 0.25) is 0 Å². The molecule has 0 aliphatic heterocycles. The van der Waals surface area contributed by atoms with Crippen molar-refractivity contribution in [3.8, 4) is 0 Å². The van der Waals surface area contributed by atoms with Crippen LogP contribution in [0.25, 0.3) is 0 Å². The van der Waals surface area contributed by atoms with Gasteiger partial charge in [0.2, 0.25) is 0 Å². The van der Waals surface area contributed by atoms with Crippen LogP contribution in [-0.2, 0) is 0 Å². The van der Waals surface area contributed by atoms with Crippen LogP contribution in [0.5, 0.6) is 0 Å². The minimum Gasteiger partial charge on any atom is -0.465 e. The molecule has 0 unspecified atom stereocenters. The summed E-state index contributed by atoms with van der Waals surface area (Å²) < 4.78 is 13.1. The molecular weight excluding hydrogens is 189 g/mol. The second-order valence-electron chi connectivity index (χ2n) is 3.95. The van der Waals surface area contributed by atoms with Crippen LogP contribution in [0, 0.1) is 5.41 Å². The number of aliphatic hydroxyl groups excluding tert-OH is 1. The Morgan fingerprint density at radius 3 is 2.21 bits per heavy atom. The number of halogens is 1. The van der Waals surface area contributed by atoms with Crippen molar-refractivity contribution in [3.05, 3.63) is 11.4 Å². The first-order valence-electron chi connectivity index (χ1n) is 4.24. The molecule has 0 aliphatic rings. The largest absolute Gasteiger partial charge is 0.465 e. The molecule has 0 heterocycles. The first kappa shape index (κ1) is 12.9. The molecule has 0 aromatic carbocycles. The van der Waals surface area contributed by atoms with Crippen molar-refractivity contribution in [3.63, 3.8) is 0 Å². The van der Waals surface area contributed by atoms with Gasteiger partial charge in [-0.1, -0.05) is 20.8 Å². The van der Waals surface area contributed by atoms with Crippen LogP contribution in [0.1, 0.15) is 20.8 Å².